The molecule has 0 spiro atoms. The molecule has 0 saturated heterocycles. The quantitative estimate of drug-likeness (QED) is 0.0320. The SMILES string of the molecule is CCCCCCCCCCC/C=C\CCCCCCC(O)C(=O)NC(CS(=O)(=O)O)C(O)CCCCCCCCCCCC. The number of aliphatic hydroxyl groups is 2. The zero-order valence-corrected chi connectivity index (χ0v) is 29.5. The minimum atomic E-state index is -4.40. The highest BCUT2D eigenvalue weighted by atomic mass is 32.2. The Labute approximate surface area is 272 Å². The summed E-state index contributed by atoms with van der Waals surface area (Å²) in [6.45, 7) is 4.47. The summed E-state index contributed by atoms with van der Waals surface area (Å²) in [5.41, 5.74) is 0. The summed E-state index contributed by atoms with van der Waals surface area (Å²) in [5.74, 6) is -1.46. The van der Waals surface area contributed by atoms with Gasteiger partial charge in [0, 0.05) is 0 Å². The third-order valence-electron chi connectivity index (χ3n) is 8.58. The number of hydrogen-bond acceptors (Lipinski definition) is 5. The smallest absolute Gasteiger partial charge is 0.266 e. The van der Waals surface area contributed by atoms with Crippen LogP contribution in [0.15, 0.2) is 12.2 Å². The van der Waals surface area contributed by atoms with Crippen molar-refractivity contribution >= 4 is 16.0 Å². The third-order valence-corrected chi connectivity index (χ3v) is 9.36. The second-order valence-corrected chi connectivity index (χ2v) is 14.5. The first-order chi connectivity index (χ1) is 21.2. The van der Waals surface area contributed by atoms with Gasteiger partial charge in [-0.2, -0.15) is 8.42 Å². The molecule has 0 heterocycles. The maximum atomic E-state index is 12.5. The van der Waals surface area contributed by atoms with E-state index in [0.717, 1.165) is 51.4 Å². The van der Waals surface area contributed by atoms with E-state index in [-0.39, 0.29) is 6.42 Å². The van der Waals surface area contributed by atoms with E-state index in [4.69, 9.17) is 0 Å². The lowest BCUT2D eigenvalue weighted by Crippen LogP contribution is -2.50. The number of carbonyl (C=O) groups excluding carboxylic acids is 1. The van der Waals surface area contributed by atoms with Crippen LogP contribution < -0.4 is 5.32 Å². The second-order valence-electron chi connectivity index (χ2n) is 13.0. The lowest BCUT2D eigenvalue weighted by Gasteiger charge is -2.24. The van der Waals surface area contributed by atoms with Gasteiger partial charge in [-0.15, -0.1) is 0 Å². The molecule has 0 aromatic heterocycles. The van der Waals surface area contributed by atoms with Crippen molar-refractivity contribution in [2.45, 2.75) is 205 Å². The Kier molecular flexibility index (Phi) is 30.0. The van der Waals surface area contributed by atoms with Crippen LogP contribution in [0.25, 0.3) is 0 Å². The zero-order chi connectivity index (χ0) is 32.7. The molecule has 0 aliphatic carbocycles. The molecule has 3 unspecified atom stereocenters. The van der Waals surface area contributed by atoms with Crippen molar-refractivity contribution in [2.75, 3.05) is 5.75 Å². The van der Waals surface area contributed by atoms with Crippen LogP contribution in [0.2, 0.25) is 0 Å². The molecular weight excluding hydrogens is 574 g/mol. The molecule has 0 aliphatic heterocycles. The number of nitrogens with one attached hydrogen (secondary N) is 1. The van der Waals surface area contributed by atoms with E-state index >= 15 is 0 Å². The van der Waals surface area contributed by atoms with Crippen molar-refractivity contribution in [3.63, 3.8) is 0 Å². The van der Waals surface area contributed by atoms with E-state index in [1.54, 1.807) is 0 Å². The van der Waals surface area contributed by atoms with Crippen molar-refractivity contribution in [2.24, 2.45) is 0 Å². The van der Waals surface area contributed by atoms with Crippen LogP contribution in [0.1, 0.15) is 187 Å². The molecule has 0 saturated carbocycles. The molecule has 8 heteroatoms. The van der Waals surface area contributed by atoms with Gasteiger partial charge in [-0.25, -0.2) is 0 Å². The first-order valence-electron chi connectivity index (χ1n) is 18.5. The summed E-state index contributed by atoms with van der Waals surface area (Å²) in [6.07, 6.45) is 32.3. The second kappa shape index (κ2) is 30.7. The van der Waals surface area contributed by atoms with Gasteiger partial charge in [-0.1, -0.05) is 161 Å². The largest absolute Gasteiger partial charge is 0.391 e. The molecule has 0 bridgehead atoms. The third kappa shape index (κ3) is 29.7. The summed E-state index contributed by atoms with van der Waals surface area (Å²) in [4.78, 5) is 12.5. The van der Waals surface area contributed by atoms with Crippen LogP contribution in [-0.4, -0.2) is 53.1 Å². The minimum Gasteiger partial charge on any atom is -0.391 e. The average molecular weight is 646 g/mol. The Bertz CT molecular complexity index is 773. The van der Waals surface area contributed by atoms with Gasteiger partial charge in [0.05, 0.1) is 17.9 Å². The van der Waals surface area contributed by atoms with Gasteiger partial charge >= 0.3 is 0 Å². The molecule has 0 aromatic rings. The van der Waals surface area contributed by atoms with Crippen molar-refractivity contribution in [3.05, 3.63) is 12.2 Å². The fourth-order valence-electron chi connectivity index (χ4n) is 5.69. The number of amides is 1. The predicted molar refractivity (Wildman–Crippen MR) is 186 cm³/mol. The van der Waals surface area contributed by atoms with Gasteiger partial charge in [0.25, 0.3) is 10.1 Å². The van der Waals surface area contributed by atoms with Crippen molar-refractivity contribution in [1.82, 2.24) is 5.32 Å². The van der Waals surface area contributed by atoms with E-state index in [1.165, 1.54) is 96.3 Å². The number of carbonyl (C=O) groups is 1. The van der Waals surface area contributed by atoms with Crippen LogP contribution >= 0.6 is 0 Å². The first kappa shape index (κ1) is 43.0. The van der Waals surface area contributed by atoms with Gasteiger partial charge in [-0.3, -0.25) is 9.35 Å². The van der Waals surface area contributed by atoms with E-state index in [1.807, 2.05) is 0 Å². The van der Waals surface area contributed by atoms with Gasteiger partial charge in [-0.05, 0) is 38.5 Å². The number of aliphatic hydroxyl groups excluding tert-OH is 2. The molecule has 3 atom stereocenters. The van der Waals surface area contributed by atoms with Crippen LogP contribution in [-0.2, 0) is 14.9 Å². The van der Waals surface area contributed by atoms with Gasteiger partial charge in [0.1, 0.15) is 6.10 Å². The number of hydrogen-bond donors (Lipinski definition) is 4. The molecule has 1 amide bonds. The summed E-state index contributed by atoms with van der Waals surface area (Å²) in [5, 5.41) is 23.4. The summed E-state index contributed by atoms with van der Waals surface area (Å²) < 4.78 is 32.4. The predicted octanol–water partition coefficient (Wildman–Crippen LogP) is 9.21. The Morgan fingerprint density at radius 1 is 0.591 bits per heavy atom. The Hall–Kier alpha value is -0.960. The Morgan fingerprint density at radius 3 is 1.36 bits per heavy atom. The summed E-state index contributed by atoms with van der Waals surface area (Å²) >= 11 is 0. The average Bonchev–Trinajstić information content (AvgIpc) is 2.98. The molecule has 7 nitrogen and oxygen atoms in total. The molecule has 262 valence electrons. The standard InChI is InChI=1S/C36H71NO6S/c1-3-5-7-9-11-13-15-16-17-18-19-20-21-23-25-27-29-31-35(39)36(40)37-33(32-44(41,42)43)34(38)30-28-26-24-22-14-12-10-8-6-4-2/h19-20,33-35,38-39H,3-18,21-32H2,1-2H3,(H,37,40)(H,41,42,43)/b20-19-. The Morgan fingerprint density at radius 2 is 0.955 bits per heavy atom. The fourth-order valence-corrected chi connectivity index (χ4v) is 6.45. The lowest BCUT2D eigenvalue weighted by atomic mass is 10.0. The molecule has 0 aliphatic rings. The van der Waals surface area contributed by atoms with Crippen LogP contribution in [0.4, 0.5) is 0 Å². The van der Waals surface area contributed by atoms with Crippen LogP contribution in [0, 0.1) is 0 Å². The highest BCUT2D eigenvalue weighted by Gasteiger charge is 2.28. The molecule has 0 radical (unpaired) electrons. The van der Waals surface area contributed by atoms with Crippen molar-refractivity contribution < 1.29 is 28.0 Å². The lowest BCUT2D eigenvalue weighted by molar-refractivity contribution is -0.131. The van der Waals surface area contributed by atoms with Crippen molar-refractivity contribution in [3.8, 4) is 0 Å². The van der Waals surface area contributed by atoms with Crippen LogP contribution in [0.3, 0.4) is 0 Å². The topological polar surface area (TPSA) is 124 Å². The normalized spacial score (nSPS) is 14.2. The van der Waals surface area contributed by atoms with E-state index in [0.29, 0.717) is 19.3 Å². The Balaban J connectivity index is 4.02. The van der Waals surface area contributed by atoms with Gasteiger partial charge in [0.2, 0.25) is 5.91 Å². The number of allylic oxidation sites excluding steroid dienone is 2. The summed E-state index contributed by atoms with van der Waals surface area (Å²) in [7, 11) is -4.40. The highest BCUT2D eigenvalue weighted by molar-refractivity contribution is 7.85. The number of rotatable bonds is 33. The molecule has 44 heavy (non-hydrogen) atoms. The molecule has 4 N–H and O–H groups in total. The van der Waals surface area contributed by atoms with E-state index < -0.39 is 40.0 Å². The molecule has 0 rings (SSSR count). The van der Waals surface area contributed by atoms with Crippen molar-refractivity contribution in [1.29, 1.82) is 0 Å². The maximum absolute atomic E-state index is 12.5. The monoisotopic (exact) mass is 646 g/mol. The van der Waals surface area contributed by atoms with Gasteiger partial charge in [0.15, 0.2) is 0 Å². The zero-order valence-electron chi connectivity index (χ0n) is 28.7. The fraction of sp³-hybridized carbons (Fsp3) is 0.917. The summed E-state index contributed by atoms with van der Waals surface area (Å²) in [6, 6.07) is -1.15. The minimum absolute atomic E-state index is 0.285. The number of unbranched alkanes of at least 4 members (excludes halogenated alkanes) is 22. The molecular formula is C36H71NO6S. The molecule has 0 fully saturated rings. The highest BCUT2D eigenvalue weighted by Crippen LogP contribution is 2.15. The van der Waals surface area contributed by atoms with Gasteiger partial charge < -0.3 is 15.5 Å². The van der Waals surface area contributed by atoms with E-state index in [2.05, 4.69) is 31.3 Å². The first-order valence-corrected chi connectivity index (χ1v) is 20.1. The maximum Gasteiger partial charge on any atom is 0.266 e. The molecule has 0 aromatic carbocycles. The van der Waals surface area contributed by atoms with E-state index in [9.17, 15) is 28.0 Å². The van der Waals surface area contributed by atoms with Crippen LogP contribution in [0.5, 0.6) is 0 Å².